The summed E-state index contributed by atoms with van der Waals surface area (Å²) < 4.78 is 5.34. The maximum atomic E-state index is 12.3. The Bertz CT molecular complexity index is 543. The van der Waals surface area contributed by atoms with Gasteiger partial charge < -0.3 is 4.42 Å². The molecule has 1 heterocycles. The molecule has 0 aliphatic heterocycles. The number of rotatable bonds is 8. The highest BCUT2D eigenvalue weighted by Crippen LogP contribution is 2.10. The topological polar surface area (TPSA) is 33.5 Å². The van der Waals surface area contributed by atoms with Crippen LogP contribution in [0.4, 0.5) is 0 Å². The number of nitrogens with zero attached hydrogens (tertiary/aromatic N) is 1. The minimum absolute atomic E-state index is 0.159. The Morgan fingerprint density at radius 3 is 2.48 bits per heavy atom. The summed E-state index contributed by atoms with van der Waals surface area (Å²) >= 11 is 0. The Balaban J connectivity index is 1.95. The Kier molecular flexibility index (Phi) is 5.76. The van der Waals surface area contributed by atoms with Gasteiger partial charge in [0.2, 0.25) is 0 Å². The van der Waals surface area contributed by atoms with Crippen molar-refractivity contribution in [1.82, 2.24) is 4.90 Å². The van der Waals surface area contributed by atoms with Gasteiger partial charge in [0.25, 0.3) is 0 Å². The Morgan fingerprint density at radius 2 is 1.90 bits per heavy atom. The standard InChI is InChI=1S/C18H23NO2/c1-3-6-15-8-10-16(11-9-15)18(20)14-19(4-2)13-17-7-5-12-21-17/h5,7-12H,3-4,6,13-14H2,1-2H3. The number of benzene rings is 1. The molecule has 1 aromatic heterocycles. The van der Waals surface area contributed by atoms with E-state index >= 15 is 0 Å². The summed E-state index contributed by atoms with van der Waals surface area (Å²) in [5, 5.41) is 0. The lowest BCUT2D eigenvalue weighted by Crippen LogP contribution is -2.29. The summed E-state index contributed by atoms with van der Waals surface area (Å²) in [5.74, 6) is 1.05. The number of carbonyl (C=O) groups is 1. The molecule has 1 aromatic carbocycles. The molecule has 21 heavy (non-hydrogen) atoms. The summed E-state index contributed by atoms with van der Waals surface area (Å²) in [6, 6.07) is 11.8. The molecular formula is C18H23NO2. The fraction of sp³-hybridized carbons (Fsp3) is 0.389. The van der Waals surface area contributed by atoms with Gasteiger partial charge in [0.1, 0.15) is 5.76 Å². The third-order valence-corrected chi connectivity index (χ3v) is 3.59. The molecule has 0 saturated heterocycles. The van der Waals surface area contributed by atoms with Crippen molar-refractivity contribution < 1.29 is 9.21 Å². The van der Waals surface area contributed by atoms with Crippen LogP contribution in [0, 0.1) is 0 Å². The van der Waals surface area contributed by atoms with Gasteiger partial charge in [-0.15, -0.1) is 0 Å². The highest BCUT2D eigenvalue weighted by Gasteiger charge is 2.12. The van der Waals surface area contributed by atoms with Gasteiger partial charge in [0, 0.05) is 5.56 Å². The summed E-state index contributed by atoms with van der Waals surface area (Å²) in [6.45, 7) is 6.13. The molecule has 2 rings (SSSR count). The van der Waals surface area contributed by atoms with E-state index in [1.54, 1.807) is 6.26 Å². The van der Waals surface area contributed by atoms with Crippen molar-refractivity contribution in [2.45, 2.75) is 33.2 Å². The number of carbonyl (C=O) groups excluding carboxylic acids is 1. The van der Waals surface area contributed by atoms with E-state index in [1.165, 1.54) is 5.56 Å². The molecule has 2 aromatic rings. The normalized spacial score (nSPS) is 11.0. The van der Waals surface area contributed by atoms with Gasteiger partial charge in [-0.25, -0.2) is 0 Å². The van der Waals surface area contributed by atoms with E-state index in [0.29, 0.717) is 13.1 Å². The van der Waals surface area contributed by atoms with Crippen molar-refractivity contribution >= 4 is 5.78 Å². The number of likely N-dealkylation sites (N-methyl/N-ethyl adjacent to an activating group) is 1. The number of aryl methyl sites for hydroxylation is 1. The van der Waals surface area contributed by atoms with Crippen LogP contribution in [0.1, 0.15) is 41.9 Å². The Labute approximate surface area is 126 Å². The Hall–Kier alpha value is -1.87. The SMILES string of the molecule is CCCc1ccc(C(=O)CN(CC)Cc2ccco2)cc1. The maximum Gasteiger partial charge on any atom is 0.176 e. The summed E-state index contributed by atoms with van der Waals surface area (Å²) in [4.78, 5) is 14.4. The number of Topliss-reactive ketones (excluding diaryl/α,β-unsaturated/α-hetero) is 1. The third kappa shape index (κ3) is 4.57. The number of hydrogen-bond acceptors (Lipinski definition) is 3. The zero-order chi connectivity index (χ0) is 15.1. The van der Waals surface area contributed by atoms with E-state index in [2.05, 4.69) is 30.9 Å². The van der Waals surface area contributed by atoms with Crippen molar-refractivity contribution in [3.63, 3.8) is 0 Å². The van der Waals surface area contributed by atoms with Crippen molar-refractivity contribution in [2.75, 3.05) is 13.1 Å². The largest absolute Gasteiger partial charge is 0.468 e. The molecule has 0 amide bonds. The van der Waals surface area contributed by atoms with Crippen LogP contribution in [-0.4, -0.2) is 23.8 Å². The zero-order valence-electron chi connectivity index (χ0n) is 12.8. The predicted molar refractivity (Wildman–Crippen MR) is 84.4 cm³/mol. The molecule has 0 saturated carbocycles. The lowest BCUT2D eigenvalue weighted by atomic mass is 10.1. The van der Waals surface area contributed by atoms with Gasteiger partial charge in [0.05, 0.1) is 19.4 Å². The maximum absolute atomic E-state index is 12.3. The average molecular weight is 285 g/mol. The van der Waals surface area contributed by atoms with Crippen molar-refractivity contribution in [3.8, 4) is 0 Å². The number of furan rings is 1. The predicted octanol–water partition coefficient (Wildman–Crippen LogP) is 3.94. The van der Waals surface area contributed by atoms with E-state index in [4.69, 9.17) is 4.42 Å². The smallest absolute Gasteiger partial charge is 0.176 e. The first-order valence-corrected chi connectivity index (χ1v) is 7.59. The zero-order valence-corrected chi connectivity index (χ0v) is 12.8. The molecule has 0 bridgehead atoms. The van der Waals surface area contributed by atoms with Gasteiger partial charge in [-0.05, 0) is 30.7 Å². The van der Waals surface area contributed by atoms with Crippen molar-refractivity contribution in [3.05, 3.63) is 59.5 Å². The van der Waals surface area contributed by atoms with Crippen LogP contribution in [0.15, 0.2) is 47.1 Å². The molecular weight excluding hydrogens is 262 g/mol. The van der Waals surface area contributed by atoms with E-state index in [1.807, 2.05) is 24.3 Å². The first-order chi connectivity index (χ1) is 10.2. The Morgan fingerprint density at radius 1 is 1.14 bits per heavy atom. The van der Waals surface area contributed by atoms with Gasteiger partial charge in [-0.1, -0.05) is 44.5 Å². The van der Waals surface area contributed by atoms with E-state index in [-0.39, 0.29) is 5.78 Å². The second kappa shape index (κ2) is 7.79. The fourth-order valence-corrected chi connectivity index (χ4v) is 2.34. The highest BCUT2D eigenvalue weighted by molar-refractivity contribution is 5.97. The van der Waals surface area contributed by atoms with Crippen LogP contribution in [-0.2, 0) is 13.0 Å². The molecule has 3 heteroatoms. The van der Waals surface area contributed by atoms with Crippen LogP contribution in [0.5, 0.6) is 0 Å². The van der Waals surface area contributed by atoms with E-state index < -0.39 is 0 Å². The molecule has 0 aliphatic rings. The molecule has 0 aliphatic carbocycles. The quantitative estimate of drug-likeness (QED) is 0.689. The minimum Gasteiger partial charge on any atom is -0.468 e. The second-order valence-corrected chi connectivity index (χ2v) is 5.25. The summed E-state index contributed by atoms with van der Waals surface area (Å²) in [7, 11) is 0. The first kappa shape index (κ1) is 15.5. The van der Waals surface area contributed by atoms with Crippen LogP contribution in [0.3, 0.4) is 0 Å². The molecule has 112 valence electrons. The van der Waals surface area contributed by atoms with Gasteiger partial charge in [-0.3, -0.25) is 9.69 Å². The minimum atomic E-state index is 0.159. The van der Waals surface area contributed by atoms with Gasteiger partial charge in [-0.2, -0.15) is 0 Å². The lowest BCUT2D eigenvalue weighted by Gasteiger charge is -2.18. The highest BCUT2D eigenvalue weighted by atomic mass is 16.3. The van der Waals surface area contributed by atoms with Gasteiger partial charge >= 0.3 is 0 Å². The van der Waals surface area contributed by atoms with Crippen molar-refractivity contribution in [1.29, 1.82) is 0 Å². The van der Waals surface area contributed by atoms with Crippen molar-refractivity contribution in [2.24, 2.45) is 0 Å². The fourth-order valence-electron chi connectivity index (χ4n) is 2.34. The average Bonchev–Trinajstić information content (AvgIpc) is 3.00. The van der Waals surface area contributed by atoms with Crippen LogP contribution >= 0.6 is 0 Å². The molecule has 0 radical (unpaired) electrons. The molecule has 0 fully saturated rings. The molecule has 0 unspecified atom stereocenters. The monoisotopic (exact) mass is 285 g/mol. The van der Waals surface area contributed by atoms with E-state index in [9.17, 15) is 4.79 Å². The van der Waals surface area contributed by atoms with E-state index in [0.717, 1.165) is 30.7 Å². The van der Waals surface area contributed by atoms with Crippen LogP contribution < -0.4 is 0 Å². The summed E-state index contributed by atoms with van der Waals surface area (Å²) in [6.07, 6.45) is 3.85. The van der Waals surface area contributed by atoms with Crippen LogP contribution in [0.2, 0.25) is 0 Å². The second-order valence-electron chi connectivity index (χ2n) is 5.25. The summed E-state index contributed by atoms with van der Waals surface area (Å²) in [5.41, 5.74) is 2.07. The van der Waals surface area contributed by atoms with Crippen LogP contribution in [0.25, 0.3) is 0 Å². The third-order valence-electron chi connectivity index (χ3n) is 3.59. The first-order valence-electron chi connectivity index (χ1n) is 7.59. The molecule has 0 atom stereocenters. The number of ketones is 1. The molecule has 0 spiro atoms. The number of hydrogen-bond donors (Lipinski definition) is 0. The molecule has 0 N–H and O–H groups in total. The lowest BCUT2D eigenvalue weighted by molar-refractivity contribution is 0.0925. The van der Waals surface area contributed by atoms with Gasteiger partial charge in [0.15, 0.2) is 5.78 Å². The molecule has 3 nitrogen and oxygen atoms in total.